The van der Waals surface area contributed by atoms with Gasteiger partial charge < -0.3 is 9.64 Å². The first kappa shape index (κ1) is 31.7. The third-order valence-electron chi connectivity index (χ3n) is 7.21. The Labute approximate surface area is 265 Å². The zero-order valence-corrected chi connectivity index (χ0v) is 28.0. The zero-order chi connectivity index (χ0) is 30.1. The van der Waals surface area contributed by atoms with Crippen LogP contribution in [0.5, 0.6) is 0 Å². The van der Waals surface area contributed by atoms with E-state index in [1.165, 1.54) is 32.3 Å². The first-order valence-electron chi connectivity index (χ1n) is 13.7. The van der Waals surface area contributed by atoms with Gasteiger partial charge in [0, 0.05) is 11.4 Å². The second-order valence-corrected chi connectivity index (χ2v) is 15.4. The molecular formula is C35H34Cl2FeN3Si. The van der Waals surface area contributed by atoms with Crippen molar-refractivity contribution in [2.24, 2.45) is 9.65 Å². The van der Waals surface area contributed by atoms with Crippen molar-refractivity contribution in [3.05, 3.63) is 143 Å². The molecule has 0 saturated carbocycles. The van der Waals surface area contributed by atoms with Crippen LogP contribution in [-0.2, 0) is 13.1 Å². The summed E-state index contributed by atoms with van der Waals surface area (Å²) in [5, 5.41) is 3.74. The molecule has 3 nitrogen and oxygen atoms in total. The van der Waals surface area contributed by atoms with Crippen molar-refractivity contribution in [2.75, 3.05) is 0 Å². The Morgan fingerprint density at radius 2 is 1.00 bits per heavy atom. The van der Waals surface area contributed by atoms with E-state index in [9.17, 15) is 0 Å². The fourth-order valence-corrected chi connectivity index (χ4v) is 9.41. The van der Waals surface area contributed by atoms with Crippen molar-refractivity contribution in [1.29, 1.82) is 0 Å². The Balaban J connectivity index is 0.00000129. The van der Waals surface area contributed by atoms with Gasteiger partial charge in [0.1, 0.15) is 0 Å². The first-order valence-corrected chi connectivity index (χ1v) is 18.6. The molecule has 5 rings (SSSR count). The van der Waals surface area contributed by atoms with Crippen LogP contribution in [0.2, 0.25) is 0 Å². The summed E-state index contributed by atoms with van der Waals surface area (Å²) < 4.78 is 5.64. The number of hydrogen-bond donors (Lipinski definition) is 0. The molecule has 0 unspecified atom stereocenters. The quantitative estimate of drug-likeness (QED) is 0.102. The molecule has 0 aliphatic rings. The fraction of sp³-hybridized carbons (Fsp3) is 0.143. The van der Waals surface area contributed by atoms with Crippen LogP contribution in [0.4, 0.5) is 5.69 Å². The number of benzene rings is 4. The van der Waals surface area contributed by atoms with Crippen LogP contribution < -0.4 is 20.5 Å². The molecule has 0 N–H and O–H groups in total. The molecule has 0 atom stereocenters. The standard InChI is InChI=1S/C35H34N3Si.2ClH.Fe/c1-25-23-26(2)35(27(3)24-25)36-28(4)33-21-22-34(37-33)29(5)38-39(30-15-9-6-10-16-30,31-17-11-7-12-18-31)32-19-13-8-14-20-32;;;/h6-24H,1-5H3;2*1H;/q-1;;;+3/p-2/b36-28?,38-29+;;;. The van der Waals surface area contributed by atoms with Gasteiger partial charge in [-0.3, -0.25) is 4.99 Å². The molecule has 0 saturated heterocycles. The van der Waals surface area contributed by atoms with Gasteiger partial charge in [-0.2, -0.15) is 0 Å². The van der Waals surface area contributed by atoms with Gasteiger partial charge >= 0.3 is 33.3 Å². The molecule has 0 spiro atoms. The maximum absolute atomic E-state index is 5.64. The average molecular weight is 652 g/mol. The van der Waals surface area contributed by atoms with Crippen LogP contribution in [0.25, 0.3) is 0 Å². The molecule has 0 fully saturated rings. The monoisotopic (exact) mass is 650 g/mol. The van der Waals surface area contributed by atoms with Gasteiger partial charge in [0.05, 0.1) is 5.69 Å². The maximum atomic E-state index is 5.64. The van der Waals surface area contributed by atoms with E-state index in [-0.39, 0.29) is 13.1 Å². The summed E-state index contributed by atoms with van der Waals surface area (Å²) in [7, 11) is 6.78. The third kappa shape index (κ3) is 7.23. The van der Waals surface area contributed by atoms with Gasteiger partial charge in [0.2, 0.25) is 0 Å². The molecule has 42 heavy (non-hydrogen) atoms. The van der Waals surface area contributed by atoms with Gasteiger partial charge in [-0.05, 0) is 61.3 Å². The molecule has 1 heterocycles. The predicted octanol–water partition coefficient (Wildman–Crippen LogP) is 7.56. The fourth-order valence-electron chi connectivity index (χ4n) is 5.38. The van der Waals surface area contributed by atoms with Gasteiger partial charge in [0.15, 0.2) is 0 Å². The molecular weight excluding hydrogens is 617 g/mol. The summed E-state index contributed by atoms with van der Waals surface area (Å²) >= 11 is 0.194. The molecule has 0 aliphatic heterocycles. The summed E-state index contributed by atoms with van der Waals surface area (Å²) in [4.78, 5) is 9.99. The number of hydrogen-bond acceptors (Lipinski definition) is 2. The van der Waals surface area contributed by atoms with E-state index in [0.717, 1.165) is 28.5 Å². The van der Waals surface area contributed by atoms with Crippen LogP contribution in [0.3, 0.4) is 0 Å². The number of aliphatic imine (C=N–C) groups is 1. The van der Waals surface area contributed by atoms with Crippen LogP contribution in [0.1, 0.15) is 41.9 Å². The van der Waals surface area contributed by atoms with E-state index < -0.39 is 8.24 Å². The minimum atomic E-state index is -2.75. The van der Waals surface area contributed by atoms with Crippen LogP contribution in [0, 0.1) is 20.8 Å². The number of aryl methyl sites for hydroxylation is 3. The summed E-state index contributed by atoms with van der Waals surface area (Å²) in [5.74, 6) is 0. The molecule has 0 amide bonds. The Kier molecular flexibility index (Phi) is 11.2. The van der Waals surface area contributed by atoms with Gasteiger partial charge in [-0.15, -0.1) is 11.4 Å². The summed E-state index contributed by atoms with van der Waals surface area (Å²) in [6.07, 6.45) is 0. The van der Waals surface area contributed by atoms with Crippen molar-refractivity contribution in [1.82, 2.24) is 4.98 Å². The topological polar surface area (TPSA) is 38.8 Å². The van der Waals surface area contributed by atoms with Crippen molar-refractivity contribution in [3.8, 4) is 0 Å². The molecule has 0 aliphatic carbocycles. The second-order valence-electron chi connectivity index (χ2n) is 10.2. The Hall–Kier alpha value is -3.18. The SMILES string of the molecule is CC(=Nc1c(C)cc(C)cc1C)c1ccc(/C(C)=N/[Si](c2ccccc2)(c2ccccc2)c2ccccc2)[n-]1.[Cl][Fe+][Cl]. The van der Waals surface area contributed by atoms with Crippen LogP contribution in [-0.4, -0.2) is 19.7 Å². The minimum absolute atomic E-state index is 0.194. The van der Waals surface area contributed by atoms with E-state index in [1.807, 2.05) is 6.92 Å². The van der Waals surface area contributed by atoms with Crippen LogP contribution >= 0.6 is 20.2 Å². The Morgan fingerprint density at radius 1 is 0.619 bits per heavy atom. The van der Waals surface area contributed by atoms with Crippen molar-refractivity contribution in [3.63, 3.8) is 0 Å². The van der Waals surface area contributed by atoms with E-state index >= 15 is 0 Å². The number of rotatable bonds is 7. The Morgan fingerprint density at radius 3 is 1.40 bits per heavy atom. The molecule has 0 radical (unpaired) electrons. The van der Waals surface area contributed by atoms with E-state index in [2.05, 4.69) is 143 Å². The normalized spacial score (nSPS) is 12.1. The van der Waals surface area contributed by atoms with E-state index in [1.54, 1.807) is 0 Å². The van der Waals surface area contributed by atoms with Crippen molar-refractivity contribution >= 4 is 61.1 Å². The number of aromatic nitrogens is 1. The number of halogens is 2. The molecule has 7 heteroatoms. The zero-order valence-electron chi connectivity index (χ0n) is 24.4. The van der Waals surface area contributed by atoms with Crippen molar-refractivity contribution in [2.45, 2.75) is 34.6 Å². The van der Waals surface area contributed by atoms with Gasteiger partial charge in [-0.25, -0.2) is 0 Å². The Bertz CT molecular complexity index is 1550. The summed E-state index contributed by atoms with van der Waals surface area (Å²) in [6, 6.07) is 40.7. The van der Waals surface area contributed by atoms with Crippen LogP contribution in [0.15, 0.2) is 125 Å². The molecule has 5 aromatic rings. The molecule has 1 aromatic heterocycles. The molecule has 0 bridgehead atoms. The third-order valence-corrected chi connectivity index (χ3v) is 11.4. The summed E-state index contributed by atoms with van der Waals surface area (Å²) in [5.41, 5.74) is 8.24. The van der Waals surface area contributed by atoms with Crippen molar-refractivity contribution < 1.29 is 13.1 Å². The van der Waals surface area contributed by atoms with Gasteiger partial charge in [0.25, 0.3) is 8.24 Å². The average Bonchev–Trinajstić information content (AvgIpc) is 3.50. The molecule has 215 valence electrons. The molecule has 4 aromatic carbocycles. The predicted molar refractivity (Wildman–Crippen MR) is 180 cm³/mol. The van der Waals surface area contributed by atoms with Gasteiger partial charge in [-0.1, -0.05) is 121 Å². The van der Waals surface area contributed by atoms with E-state index in [0.29, 0.717) is 0 Å². The summed E-state index contributed by atoms with van der Waals surface area (Å²) in [6.45, 7) is 10.5. The number of nitrogens with zero attached hydrogens (tertiary/aromatic N) is 3. The first-order chi connectivity index (χ1) is 20.3. The second kappa shape index (κ2) is 14.8. The van der Waals surface area contributed by atoms with E-state index in [4.69, 9.17) is 34.8 Å².